The van der Waals surface area contributed by atoms with E-state index < -0.39 is 34.1 Å². The van der Waals surface area contributed by atoms with Crippen LogP contribution in [0.15, 0.2) is 83.8 Å². The van der Waals surface area contributed by atoms with Crippen molar-refractivity contribution in [1.29, 1.82) is 0 Å². The normalized spacial score (nSPS) is 12.5. The quantitative estimate of drug-likeness (QED) is 0.364. The van der Waals surface area contributed by atoms with Crippen LogP contribution < -0.4 is 9.62 Å². The van der Waals surface area contributed by atoms with Crippen molar-refractivity contribution in [2.75, 3.05) is 10.8 Å². The van der Waals surface area contributed by atoms with Crippen LogP contribution >= 0.6 is 23.2 Å². The number of benzene rings is 3. The summed E-state index contributed by atoms with van der Waals surface area (Å²) in [5.41, 5.74) is 0.366. The minimum absolute atomic E-state index is 0.00745. The van der Waals surface area contributed by atoms with Crippen LogP contribution in [0.3, 0.4) is 0 Å². The van der Waals surface area contributed by atoms with Gasteiger partial charge >= 0.3 is 0 Å². The van der Waals surface area contributed by atoms with Gasteiger partial charge in [0.05, 0.1) is 15.6 Å². The Morgan fingerprint density at radius 1 is 0.921 bits per heavy atom. The topological polar surface area (TPSA) is 86.8 Å². The van der Waals surface area contributed by atoms with Crippen LogP contribution in [0.4, 0.5) is 5.69 Å². The fourth-order valence-electron chi connectivity index (χ4n) is 3.75. The second kappa shape index (κ2) is 12.2. The minimum Gasteiger partial charge on any atom is -0.350 e. The summed E-state index contributed by atoms with van der Waals surface area (Å²) in [5.74, 6) is -0.931. The molecule has 3 aromatic carbocycles. The third kappa shape index (κ3) is 7.49. The molecule has 7 nitrogen and oxygen atoms in total. The van der Waals surface area contributed by atoms with Gasteiger partial charge in [0.25, 0.3) is 10.0 Å². The summed E-state index contributed by atoms with van der Waals surface area (Å²) in [6.45, 7) is 6.67. The van der Waals surface area contributed by atoms with Gasteiger partial charge in [-0.1, -0.05) is 71.7 Å². The van der Waals surface area contributed by atoms with E-state index in [4.69, 9.17) is 23.2 Å². The number of nitrogens with zero attached hydrogens (tertiary/aromatic N) is 2. The van der Waals surface area contributed by atoms with E-state index in [9.17, 15) is 18.0 Å². The number of sulfonamides is 1. The molecule has 1 atom stereocenters. The molecule has 1 N–H and O–H groups in total. The lowest BCUT2D eigenvalue weighted by Crippen LogP contribution is -2.54. The third-order valence-corrected chi connectivity index (χ3v) is 7.96. The van der Waals surface area contributed by atoms with E-state index in [1.54, 1.807) is 25.1 Å². The highest BCUT2D eigenvalue weighted by atomic mass is 35.5. The molecule has 3 rings (SSSR count). The zero-order valence-corrected chi connectivity index (χ0v) is 24.0. The Kier molecular flexibility index (Phi) is 9.46. The molecule has 0 bridgehead atoms. The van der Waals surface area contributed by atoms with E-state index in [1.165, 1.54) is 35.2 Å². The number of nitrogens with one attached hydrogen (secondary N) is 1. The fourth-order valence-corrected chi connectivity index (χ4v) is 5.77. The minimum atomic E-state index is -4.21. The SMILES string of the molecule is CC(C(=O)NC(C)(C)C)N(Cc1ccccc1)C(=O)CN(c1ccc(Cl)cc1Cl)S(=O)(=O)c1ccccc1. The lowest BCUT2D eigenvalue weighted by atomic mass is 10.1. The van der Waals surface area contributed by atoms with Gasteiger partial charge in [-0.05, 0) is 63.6 Å². The summed E-state index contributed by atoms with van der Waals surface area (Å²) >= 11 is 12.5. The average molecular weight is 577 g/mol. The maximum Gasteiger partial charge on any atom is 0.264 e. The Labute approximate surface area is 234 Å². The van der Waals surface area contributed by atoms with Crippen LogP contribution in [-0.2, 0) is 26.2 Å². The maximum absolute atomic E-state index is 13.9. The molecule has 0 aliphatic rings. The Balaban J connectivity index is 2.05. The van der Waals surface area contributed by atoms with E-state index in [0.29, 0.717) is 5.02 Å². The van der Waals surface area contributed by atoms with Gasteiger partial charge < -0.3 is 10.2 Å². The molecule has 1 unspecified atom stereocenters. The summed E-state index contributed by atoms with van der Waals surface area (Å²) < 4.78 is 28.5. The first-order valence-corrected chi connectivity index (χ1v) is 14.2. The van der Waals surface area contributed by atoms with E-state index in [2.05, 4.69) is 5.32 Å². The van der Waals surface area contributed by atoms with Gasteiger partial charge in [0.2, 0.25) is 11.8 Å². The molecule has 0 saturated heterocycles. The van der Waals surface area contributed by atoms with E-state index >= 15 is 0 Å². The maximum atomic E-state index is 13.9. The number of anilines is 1. The van der Waals surface area contributed by atoms with Crippen molar-refractivity contribution in [1.82, 2.24) is 10.2 Å². The number of carbonyl (C=O) groups excluding carboxylic acids is 2. The largest absolute Gasteiger partial charge is 0.350 e. The zero-order valence-electron chi connectivity index (χ0n) is 21.7. The summed E-state index contributed by atoms with van der Waals surface area (Å²) in [4.78, 5) is 28.3. The second-order valence-electron chi connectivity index (χ2n) is 9.84. The van der Waals surface area contributed by atoms with Gasteiger partial charge in [0.15, 0.2) is 0 Å². The molecule has 0 aliphatic heterocycles. The number of rotatable bonds is 9. The van der Waals surface area contributed by atoms with Crippen LogP contribution in [0.1, 0.15) is 33.3 Å². The van der Waals surface area contributed by atoms with E-state index in [0.717, 1.165) is 9.87 Å². The summed E-state index contributed by atoms with van der Waals surface area (Å²) in [5, 5.41) is 3.28. The highest BCUT2D eigenvalue weighted by molar-refractivity contribution is 7.92. The van der Waals surface area contributed by atoms with Crippen molar-refractivity contribution in [3.8, 4) is 0 Å². The van der Waals surface area contributed by atoms with E-state index in [1.807, 2.05) is 51.1 Å². The highest BCUT2D eigenvalue weighted by Crippen LogP contribution is 2.33. The Bertz CT molecular complexity index is 1380. The predicted molar refractivity (Wildman–Crippen MR) is 152 cm³/mol. The van der Waals surface area contributed by atoms with Crippen LogP contribution in [0.2, 0.25) is 10.0 Å². The molecule has 0 aromatic heterocycles. The molecule has 0 fully saturated rings. The number of hydrogen-bond donors (Lipinski definition) is 1. The number of hydrogen-bond acceptors (Lipinski definition) is 4. The first kappa shape index (κ1) is 29.5. The molecule has 0 spiro atoms. The standard InChI is InChI=1S/C28H31Cl2N3O4S/c1-20(27(35)31-28(2,3)4)32(18-21-11-7-5-8-12-21)26(34)19-33(25-16-15-22(29)17-24(25)30)38(36,37)23-13-9-6-10-14-23/h5-17,20H,18-19H2,1-4H3,(H,31,35). The average Bonchev–Trinajstić information content (AvgIpc) is 2.86. The molecular formula is C28H31Cl2N3O4S. The van der Waals surface area contributed by atoms with Crippen molar-refractivity contribution >= 4 is 50.7 Å². The lowest BCUT2D eigenvalue weighted by Gasteiger charge is -2.33. The number of carbonyl (C=O) groups is 2. The monoisotopic (exact) mass is 575 g/mol. The molecule has 202 valence electrons. The van der Waals surface area contributed by atoms with Crippen LogP contribution in [-0.4, -0.2) is 43.3 Å². The first-order chi connectivity index (χ1) is 17.8. The summed E-state index contributed by atoms with van der Waals surface area (Å²) in [7, 11) is -4.21. The molecule has 0 heterocycles. The molecule has 38 heavy (non-hydrogen) atoms. The highest BCUT2D eigenvalue weighted by Gasteiger charge is 2.34. The van der Waals surface area contributed by atoms with Gasteiger partial charge in [-0.3, -0.25) is 13.9 Å². The molecule has 2 amide bonds. The van der Waals surface area contributed by atoms with Gasteiger partial charge in [-0.25, -0.2) is 8.42 Å². The first-order valence-electron chi connectivity index (χ1n) is 12.0. The van der Waals surface area contributed by atoms with Crippen molar-refractivity contribution in [2.45, 2.75) is 50.7 Å². The third-order valence-electron chi connectivity index (χ3n) is 5.65. The Morgan fingerprint density at radius 3 is 2.05 bits per heavy atom. The lowest BCUT2D eigenvalue weighted by molar-refractivity contribution is -0.140. The molecule has 0 radical (unpaired) electrons. The zero-order chi connectivity index (χ0) is 28.1. The van der Waals surface area contributed by atoms with Gasteiger partial charge in [0.1, 0.15) is 12.6 Å². The van der Waals surface area contributed by atoms with Crippen molar-refractivity contribution < 1.29 is 18.0 Å². The van der Waals surface area contributed by atoms with Crippen molar-refractivity contribution in [2.24, 2.45) is 0 Å². The molecule has 0 aliphatic carbocycles. The molecule has 0 saturated carbocycles. The van der Waals surface area contributed by atoms with Crippen LogP contribution in [0, 0.1) is 0 Å². The Morgan fingerprint density at radius 2 is 1.50 bits per heavy atom. The molecular weight excluding hydrogens is 545 g/mol. The van der Waals surface area contributed by atoms with Crippen molar-refractivity contribution in [3.63, 3.8) is 0 Å². The Hall–Kier alpha value is -3.07. The predicted octanol–water partition coefficient (Wildman–Crippen LogP) is 5.52. The smallest absolute Gasteiger partial charge is 0.264 e. The number of amides is 2. The van der Waals surface area contributed by atoms with Gasteiger partial charge in [0, 0.05) is 17.1 Å². The second-order valence-corrected chi connectivity index (χ2v) is 12.5. The van der Waals surface area contributed by atoms with Crippen LogP contribution in [0.25, 0.3) is 0 Å². The van der Waals surface area contributed by atoms with Crippen LogP contribution in [0.5, 0.6) is 0 Å². The summed E-state index contributed by atoms with van der Waals surface area (Å²) in [6.07, 6.45) is 0. The van der Waals surface area contributed by atoms with E-state index in [-0.39, 0.29) is 28.1 Å². The fraction of sp³-hybridized carbons (Fsp3) is 0.286. The molecule has 10 heteroatoms. The molecule has 3 aromatic rings. The van der Waals surface area contributed by atoms with Crippen molar-refractivity contribution in [3.05, 3.63) is 94.5 Å². The summed E-state index contributed by atoms with van der Waals surface area (Å²) in [6, 6.07) is 20.4. The van der Waals surface area contributed by atoms with Gasteiger partial charge in [-0.15, -0.1) is 0 Å². The number of halogens is 2. The van der Waals surface area contributed by atoms with Gasteiger partial charge in [-0.2, -0.15) is 0 Å².